The molecule has 8 heteroatoms. The van der Waals surface area contributed by atoms with E-state index in [4.69, 9.17) is 9.47 Å². The van der Waals surface area contributed by atoms with E-state index in [1.54, 1.807) is 0 Å². The third-order valence-electron chi connectivity index (χ3n) is 5.64. The average Bonchev–Trinajstić information content (AvgIpc) is 3.02. The van der Waals surface area contributed by atoms with Gasteiger partial charge in [0.15, 0.2) is 0 Å². The summed E-state index contributed by atoms with van der Waals surface area (Å²) in [6.45, 7) is 10.8. The Morgan fingerprint density at radius 1 is 1.00 bits per heavy atom. The van der Waals surface area contributed by atoms with Crippen LogP contribution >= 0.6 is 0 Å². The molecule has 0 unspecified atom stereocenters. The predicted octanol–water partition coefficient (Wildman–Crippen LogP) is 1.59. The first-order chi connectivity index (χ1) is 15.5. The fourth-order valence-electron chi connectivity index (χ4n) is 4.10. The van der Waals surface area contributed by atoms with E-state index >= 15 is 0 Å². The number of imide groups is 1. The van der Waals surface area contributed by atoms with Gasteiger partial charge in [0.05, 0.1) is 18.3 Å². The van der Waals surface area contributed by atoms with Gasteiger partial charge in [-0.1, -0.05) is 12.1 Å². The molecule has 0 bridgehead atoms. The van der Waals surface area contributed by atoms with Gasteiger partial charge in [-0.3, -0.25) is 19.4 Å². The Hall–Kier alpha value is -2.42. The number of ether oxygens (including phenoxy) is 2. The number of rotatable bonds is 11. The number of aliphatic hydroxyl groups excluding tert-OH is 1. The molecule has 1 N–H and O–H groups in total. The molecule has 2 amide bonds. The highest BCUT2D eigenvalue weighted by atomic mass is 16.5. The number of hydrogen-bond acceptors (Lipinski definition) is 7. The Bertz CT molecular complexity index is 813. The van der Waals surface area contributed by atoms with Crippen molar-refractivity contribution >= 4 is 17.4 Å². The molecule has 1 aromatic rings. The lowest BCUT2D eigenvalue weighted by molar-refractivity contribution is -0.137. The average molecular weight is 446 g/mol. The minimum absolute atomic E-state index is 0.0568. The van der Waals surface area contributed by atoms with Crippen LogP contribution in [0.2, 0.25) is 0 Å². The molecule has 3 rings (SSSR count). The number of nitrogens with zero attached hydrogens (tertiary/aromatic N) is 3. The molecule has 32 heavy (non-hydrogen) atoms. The number of piperazine rings is 1. The number of carbonyl (C=O) groups excluding carboxylic acids is 2. The summed E-state index contributed by atoms with van der Waals surface area (Å²) in [4.78, 5) is 32.3. The fraction of sp³-hybridized carbons (Fsp3) is 0.583. The highest BCUT2D eigenvalue weighted by Gasteiger charge is 2.41. The quantitative estimate of drug-likeness (QED) is 0.409. The summed E-state index contributed by atoms with van der Waals surface area (Å²) >= 11 is 0. The number of β-amino-alcohol motifs (C(OH)–C–C–N with tert-alkyl or cyclic N) is 1. The van der Waals surface area contributed by atoms with Crippen LogP contribution in [0.5, 0.6) is 5.75 Å². The zero-order valence-corrected chi connectivity index (χ0v) is 19.4. The minimum atomic E-state index is -0.253. The van der Waals surface area contributed by atoms with Gasteiger partial charge < -0.3 is 19.5 Å². The van der Waals surface area contributed by atoms with Crippen LogP contribution in [0.3, 0.4) is 0 Å². The number of benzene rings is 1. The van der Waals surface area contributed by atoms with Crippen LogP contribution in [0.15, 0.2) is 30.0 Å². The Labute approximate surface area is 190 Å². The minimum Gasteiger partial charge on any atom is -0.491 e. The van der Waals surface area contributed by atoms with Crippen LogP contribution in [0.1, 0.15) is 32.8 Å². The second kappa shape index (κ2) is 11.4. The highest BCUT2D eigenvalue weighted by Crippen LogP contribution is 2.33. The number of carbonyl (C=O) groups is 2. The van der Waals surface area contributed by atoms with E-state index in [1.165, 1.54) is 4.90 Å². The molecule has 2 aliphatic heterocycles. The molecule has 0 aromatic heterocycles. The standard InChI is InChI=1S/C24H35N3O5/c1-4-31-17-5-10-27-23(29)21(19-6-8-20(9-7-19)32-18(2)3)22(24(27)30)26-13-11-25(12-14-26)15-16-28/h6-9,18,28H,4-5,10-17H2,1-3H3. The van der Waals surface area contributed by atoms with Crippen LogP contribution in [0.25, 0.3) is 5.57 Å². The van der Waals surface area contributed by atoms with Crippen molar-refractivity contribution in [1.82, 2.24) is 14.7 Å². The maximum Gasteiger partial charge on any atom is 0.277 e. The third-order valence-corrected chi connectivity index (χ3v) is 5.64. The smallest absolute Gasteiger partial charge is 0.277 e. The Morgan fingerprint density at radius 3 is 2.28 bits per heavy atom. The van der Waals surface area contributed by atoms with Crippen LogP contribution in [0.4, 0.5) is 0 Å². The lowest BCUT2D eigenvalue weighted by Gasteiger charge is -2.36. The van der Waals surface area contributed by atoms with E-state index < -0.39 is 0 Å². The SMILES string of the molecule is CCOCCCN1C(=O)C(c2ccc(OC(C)C)cc2)=C(N2CCN(CCO)CC2)C1=O. The Balaban J connectivity index is 1.86. The topological polar surface area (TPSA) is 82.6 Å². The molecular weight excluding hydrogens is 410 g/mol. The number of hydrogen-bond donors (Lipinski definition) is 1. The summed E-state index contributed by atoms with van der Waals surface area (Å²) < 4.78 is 11.1. The third kappa shape index (κ3) is 5.68. The van der Waals surface area contributed by atoms with E-state index in [-0.39, 0.29) is 24.5 Å². The molecular formula is C24H35N3O5. The maximum atomic E-state index is 13.4. The summed E-state index contributed by atoms with van der Waals surface area (Å²) in [6, 6.07) is 7.39. The van der Waals surface area contributed by atoms with Crippen molar-refractivity contribution in [2.45, 2.75) is 33.3 Å². The molecule has 8 nitrogen and oxygen atoms in total. The van der Waals surface area contributed by atoms with Crippen molar-refractivity contribution in [3.05, 3.63) is 35.5 Å². The van der Waals surface area contributed by atoms with Crippen molar-refractivity contribution in [2.24, 2.45) is 0 Å². The summed E-state index contributed by atoms with van der Waals surface area (Å²) in [5, 5.41) is 9.21. The van der Waals surface area contributed by atoms with E-state index in [0.717, 1.165) is 24.4 Å². The lowest BCUT2D eigenvalue weighted by Crippen LogP contribution is -2.48. The van der Waals surface area contributed by atoms with E-state index in [2.05, 4.69) is 4.90 Å². The molecule has 0 spiro atoms. The molecule has 0 aliphatic carbocycles. The summed E-state index contributed by atoms with van der Waals surface area (Å²) in [7, 11) is 0. The van der Waals surface area contributed by atoms with Gasteiger partial charge >= 0.3 is 0 Å². The van der Waals surface area contributed by atoms with E-state index in [1.807, 2.05) is 49.9 Å². The van der Waals surface area contributed by atoms with Crippen LogP contribution in [-0.2, 0) is 14.3 Å². The first kappa shape index (κ1) is 24.2. The number of amides is 2. The maximum absolute atomic E-state index is 13.4. The molecule has 0 atom stereocenters. The van der Waals surface area contributed by atoms with Crippen molar-refractivity contribution in [1.29, 1.82) is 0 Å². The van der Waals surface area contributed by atoms with Gasteiger partial charge in [0, 0.05) is 52.5 Å². The summed E-state index contributed by atoms with van der Waals surface area (Å²) in [5.74, 6) is 0.241. The lowest BCUT2D eigenvalue weighted by atomic mass is 10.0. The van der Waals surface area contributed by atoms with Crippen molar-refractivity contribution in [2.75, 3.05) is 59.1 Å². The van der Waals surface area contributed by atoms with Crippen LogP contribution in [0, 0.1) is 0 Å². The van der Waals surface area contributed by atoms with Gasteiger partial charge in [-0.25, -0.2) is 0 Å². The first-order valence-electron chi connectivity index (χ1n) is 11.5. The first-order valence-corrected chi connectivity index (χ1v) is 11.5. The molecule has 2 heterocycles. The number of aliphatic hydroxyl groups is 1. The molecule has 1 aromatic carbocycles. The van der Waals surface area contributed by atoms with Crippen molar-refractivity contribution in [3.63, 3.8) is 0 Å². The summed E-state index contributed by atoms with van der Waals surface area (Å²) in [5.41, 5.74) is 1.66. The second-order valence-corrected chi connectivity index (χ2v) is 8.28. The van der Waals surface area contributed by atoms with Crippen molar-refractivity contribution < 1.29 is 24.2 Å². The largest absolute Gasteiger partial charge is 0.491 e. The van der Waals surface area contributed by atoms with Gasteiger partial charge in [0.2, 0.25) is 0 Å². The molecule has 0 radical (unpaired) electrons. The normalized spacial score (nSPS) is 17.8. The molecule has 1 fully saturated rings. The second-order valence-electron chi connectivity index (χ2n) is 8.28. The van der Waals surface area contributed by atoms with Gasteiger partial charge in [0.1, 0.15) is 11.4 Å². The molecule has 176 valence electrons. The predicted molar refractivity (Wildman–Crippen MR) is 122 cm³/mol. The Morgan fingerprint density at radius 2 is 1.69 bits per heavy atom. The van der Waals surface area contributed by atoms with Crippen LogP contribution in [-0.4, -0.2) is 96.8 Å². The van der Waals surface area contributed by atoms with Crippen LogP contribution < -0.4 is 4.74 Å². The zero-order chi connectivity index (χ0) is 23.1. The van der Waals surface area contributed by atoms with E-state index in [9.17, 15) is 14.7 Å². The zero-order valence-electron chi connectivity index (χ0n) is 19.4. The highest BCUT2D eigenvalue weighted by molar-refractivity contribution is 6.35. The van der Waals surface area contributed by atoms with E-state index in [0.29, 0.717) is 57.1 Å². The van der Waals surface area contributed by atoms with Gasteiger partial charge in [-0.15, -0.1) is 0 Å². The molecule has 0 saturated carbocycles. The molecule has 2 aliphatic rings. The van der Waals surface area contributed by atoms with Gasteiger partial charge in [-0.05, 0) is 44.9 Å². The van der Waals surface area contributed by atoms with Gasteiger partial charge in [0.25, 0.3) is 11.8 Å². The fourth-order valence-corrected chi connectivity index (χ4v) is 4.10. The van der Waals surface area contributed by atoms with Crippen molar-refractivity contribution in [3.8, 4) is 5.75 Å². The molecule has 1 saturated heterocycles. The monoisotopic (exact) mass is 445 g/mol. The summed E-state index contributed by atoms with van der Waals surface area (Å²) in [6.07, 6.45) is 0.665. The van der Waals surface area contributed by atoms with Gasteiger partial charge in [-0.2, -0.15) is 0 Å². The Kier molecular flexibility index (Phi) is 8.67.